The minimum atomic E-state index is -0.462. The summed E-state index contributed by atoms with van der Waals surface area (Å²) in [7, 11) is 1.62. The van der Waals surface area contributed by atoms with E-state index < -0.39 is 5.97 Å². The van der Waals surface area contributed by atoms with Crippen molar-refractivity contribution in [1.82, 2.24) is 9.61 Å². The summed E-state index contributed by atoms with van der Waals surface area (Å²) in [4.78, 5) is 12.3. The topological polar surface area (TPSA) is 62.1 Å². The fourth-order valence-electron chi connectivity index (χ4n) is 2.36. The lowest BCUT2D eigenvalue weighted by Gasteiger charge is -2.12. The number of pyridine rings is 1. The van der Waals surface area contributed by atoms with Crippen LogP contribution in [0.1, 0.15) is 23.0 Å². The smallest absolute Gasteiger partial charge is 0.360 e. The summed E-state index contributed by atoms with van der Waals surface area (Å²) in [6, 6.07) is 13.0. The molecule has 0 aliphatic heterocycles. The third-order valence-corrected chi connectivity index (χ3v) is 3.54. The fraction of sp³-hybridized carbons (Fsp3) is 0.222. The van der Waals surface area contributed by atoms with Gasteiger partial charge in [0.2, 0.25) is 0 Å². The van der Waals surface area contributed by atoms with Crippen LogP contribution in [0.3, 0.4) is 0 Å². The number of benzene rings is 1. The molecular weight excluding hydrogens is 308 g/mol. The Hall–Kier alpha value is -3.02. The molecule has 0 spiro atoms. The largest absolute Gasteiger partial charge is 0.497 e. The predicted octanol–water partition coefficient (Wildman–Crippen LogP) is 3.10. The molecule has 0 unspecified atom stereocenters. The molecule has 6 nitrogen and oxygen atoms in total. The number of hydrogen-bond acceptors (Lipinski definition) is 5. The van der Waals surface area contributed by atoms with E-state index in [4.69, 9.17) is 14.2 Å². The Morgan fingerprint density at radius 3 is 2.62 bits per heavy atom. The van der Waals surface area contributed by atoms with Gasteiger partial charge in [-0.2, -0.15) is 5.10 Å². The van der Waals surface area contributed by atoms with E-state index in [9.17, 15) is 4.79 Å². The first kappa shape index (κ1) is 15.9. The molecule has 0 atom stereocenters. The summed E-state index contributed by atoms with van der Waals surface area (Å²) in [6.45, 7) is 2.37. The van der Waals surface area contributed by atoms with Gasteiger partial charge in [0.25, 0.3) is 0 Å². The second kappa shape index (κ2) is 7.04. The number of nitrogens with zero attached hydrogens (tertiary/aromatic N) is 2. The van der Waals surface area contributed by atoms with Crippen LogP contribution in [0.15, 0.2) is 48.7 Å². The summed E-state index contributed by atoms with van der Waals surface area (Å²) >= 11 is 0. The van der Waals surface area contributed by atoms with Crippen molar-refractivity contribution in [3.05, 3.63) is 59.9 Å². The van der Waals surface area contributed by atoms with Crippen LogP contribution in [0.25, 0.3) is 5.52 Å². The van der Waals surface area contributed by atoms with Crippen molar-refractivity contribution in [3.63, 3.8) is 0 Å². The molecule has 3 aromatic rings. The Balaban J connectivity index is 1.87. The maximum absolute atomic E-state index is 12.3. The number of esters is 1. The summed E-state index contributed by atoms with van der Waals surface area (Å²) in [6.07, 6.45) is 1.63. The Kier molecular flexibility index (Phi) is 4.65. The highest BCUT2D eigenvalue weighted by Gasteiger charge is 2.19. The molecule has 0 fully saturated rings. The van der Waals surface area contributed by atoms with Gasteiger partial charge < -0.3 is 14.2 Å². The normalized spacial score (nSPS) is 10.6. The maximum Gasteiger partial charge on any atom is 0.360 e. The van der Waals surface area contributed by atoms with E-state index in [-0.39, 0.29) is 12.3 Å². The van der Waals surface area contributed by atoms with Gasteiger partial charge in [-0.25, -0.2) is 9.31 Å². The molecule has 0 amide bonds. The second-order valence-electron chi connectivity index (χ2n) is 5.07. The average Bonchev–Trinajstić information content (AvgIpc) is 3.08. The highest BCUT2D eigenvalue weighted by molar-refractivity contribution is 5.91. The number of carbonyl (C=O) groups excluding carboxylic acids is 1. The van der Waals surface area contributed by atoms with Gasteiger partial charge in [-0.3, -0.25) is 0 Å². The SMILES string of the molecule is CCOC(=O)c1c(OCc2ccc(OC)cc2)ccc2ccnn12. The molecule has 1 aromatic carbocycles. The van der Waals surface area contributed by atoms with Crippen LogP contribution in [0.5, 0.6) is 11.5 Å². The van der Waals surface area contributed by atoms with E-state index in [0.717, 1.165) is 16.8 Å². The molecule has 0 aliphatic rings. The zero-order valence-corrected chi connectivity index (χ0v) is 13.6. The first-order valence-corrected chi connectivity index (χ1v) is 7.62. The van der Waals surface area contributed by atoms with Crippen LogP contribution in [-0.4, -0.2) is 29.3 Å². The van der Waals surface area contributed by atoms with Crippen molar-refractivity contribution in [1.29, 1.82) is 0 Å². The lowest BCUT2D eigenvalue weighted by Crippen LogP contribution is -2.13. The fourth-order valence-corrected chi connectivity index (χ4v) is 2.36. The molecule has 0 bridgehead atoms. The van der Waals surface area contributed by atoms with Gasteiger partial charge in [-0.1, -0.05) is 12.1 Å². The van der Waals surface area contributed by atoms with E-state index >= 15 is 0 Å². The highest BCUT2D eigenvalue weighted by atomic mass is 16.5. The number of rotatable bonds is 6. The maximum atomic E-state index is 12.3. The van der Waals surface area contributed by atoms with Crippen molar-refractivity contribution in [2.75, 3.05) is 13.7 Å². The molecule has 0 radical (unpaired) electrons. The Morgan fingerprint density at radius 2 is 1.92 bits per heavy atom. The predicted molar refractivity (Wildman–Crippen MR) is 88.5 cm³/mol. The van der Waals surface area contributed by atoms with Crippen LogP contribution in [-0.2, 0) is 11.3 Å². The molecule has 24 heavy (non-hydrogen) atoms. The molecule has 2 heterocycles. The molecule has 2 aromatic heterocycles. The number of hydrogen-bond donors (Lipinski definition) is 0. The molecule has 0 saturated carbocycles. The minimum absolute atomic E-state index is 0.285. The van der Waals surface area contributed by atoms with Crippen LogP contribution in [0.2, 0.25) is 0 Å². The van der Waals surface area contributed by atoms with Gasteiger partial charge in [0.15, 0.2) is 11.4 Å². The van der Waals surface area contributed by atoms with E-state index in [1.807, 2.05) is 36.4 Å². The molecule has 0 saturated heterocycles. The first-order chi connectivity index (χ1) is 11.7. The second-order valence-corrected chi connectivity index (χ2v) is 5.07. The number of aromatic nitrogens is 2. The Morgan fingerprint density at radius 1 is 1.12 bits per heavy atom. The van der Waals surface area contributed by atoms with Crippen LogP contribution < -0.4 is 9.47 Å². The molecule has 0 aliphatic carbocycles. The van der Waals surface area contributed by atoms with Gasteiger partial charge in [-0.15, -0.1) is 0 Å². The minimum Gasteiger partial charge on any atom is -0.497 e. The zero-order chi connectivity index (χ0) is 16.9. The summed E-state index contributed by atoms with van der Waals surface area (Å²) in [5.41, 5.74) is 2.05. The molecule has 3 rings (SSSR count). The zero-order valence-electron chi connectivity index (χ0n) is 13.6. The number of methoxy groups -OCH3 is 1. The summed E-state index contributed by atoms with van der Waals surface area (Å²) in [5.74, 6) is 0.751. The molecule has 0 N–H and O–H groups in total. The number of carbonyl (C=O) groups is 1. The van der Waals surface area contributed by atoms with Crippen LogP contribution >= 0.6 is 0 Å². The van der Waals surface area contributed by atoms with Gasteiger partial charge in [0.1, 0.15) is 12.4 Å². The van der Waals surface area contributed by atoms with E-state index in [1.54, 1.807) is 26.3 Å². The summed E-state index contributed by atoms with van der Waals surface area (Å²) < 4.78 is 17.6. The summed E-state index contributed by atoms with van der Waals surface area (Å²) in [5, 5.41) is 4.18. The van der Waals surface area contributed by atoms with Crippen LogP contribution in [0.4, 0.5) is 0 Å². The highest BCUT2D eigenvalue weighted by Crippen LogP contribution is 2.23. The van der Waals surface area contributed by atoms with Gasteiger partial charge in [0, 0.05) is 0 Å². The quantitative estimate of drug-likeness (QED) is 0.651. The molecule has 6 heteroatoms. The number of ether oxygens (including phenoxy) is 3. The average molecular weight is 326 g/mol. The van der Waals surface area contributed by atoms with Gasteiger partial charge >= 0.3 is 5.97 Å². The van der Waals surface area contributed by atoms with Crippen molar-refractivity contribution < 1.29 is 19.0 Å². The van der Waals surface area contributed by atoms with Crippen molar-refractivity contribution >= 4 is 11.5 Å². The third-order valence-electron chi connectivity index (χ3n) is 3.54. The number of fused-ring (bicyclic) bond motifs is 1. The molecular formula is C18H18N2O4. The Bertz CT molecular complexity index is 840. The lowest BCUT2D eigenvalue weighted by molar-refractivity contribution is 0.0510. The van der Waals surface area contributed by atoms with E-state index in [2.05, 4.69) is 5.10 Å². The van der Waals surface area contributed by atoms with Crippen molar-refractivity contribution in [3.8, 4) is 11.5 Å². The van der Waals surface area contributed by atoms with Gasteiger partial charge in [0.05, 0.1) is 25.4 Å². The monoisotopic (exact) mass is 326 g/mol. The standard InChI is InChI=1S/C18H18N2O4/c1-3-23-18(21)17-16(9-6-14-10-11-19-20(14)17)24-12-13-4-7-15(22-2)8-5-13/h4-11H,3,12H2,1-2H3. The molecule has 124 valence electrons. The van der Waals surface area contributed by atoms with E-state index in [1.165, 1.54) is 4.52 Å². The lowest BCUT2D eigenvalue weighted by atomic mass is 10.2. The van der Waals surface area contributed by atoms with Crippen molar-refractivity contribution in [2.24, 2.45) is 0 Å². The van der Waals surface area contributed by atoms with Crippen LogP contribution in [0, 0.1) is 0 Å². The van der Waals surface area contributed by atoms with Gasteiger partial charge in [-0.05, 0) is 42.8 Å². The van der Waals surface area contributed by atoms with Crippen molar-refractivity contribution in [2.45, 2.75) is 13.5 Å². The first-order valence-electron chi connectivity index (χ1n) is 7.62. The van der Waals surface area contributed by atoms with E-state index in [0.29, 0.717) is 12.4 Å². The Labute approximate surface area is 139 Å². The third kappa shape index (κ3) is 3.17.